The lowest BCUT2D eigenvalue weighted by molar-refractivity contribution is 0.0513. The van der Waals surface area contributed by atoms with Crippen LogP contribution in [0.4, 0.5) is 0 Å². The summed E-state index contributed by atoms with van der Waals surface area (Å²) in [6.07, 6.45) is 1.92. The van der Waals surface area contributed by atoms with Gasteiger partial charge in [-0.15, -0.1) is 0 Å². The molecule has 29 heavy (non-hydrogen) atoms. The van der Waals surface area contributed by atoms with Gasteiger partial charge >= 0.3 is 0 Å². The van der Waals surface area contributed by atoms with Gasteiger partial charge in [0, 0.05) is 32.2 Å². The Kier molecular flexibility index (Phi) is 7.14. The van der Waals surface area contributed by atoms with Crippen molar-refractivity contribution in [3.63, 3.8) is 0 Å². The van der Waals surface area contributed by atoms with Gasteiger partial charge in [-0.3, -0.25) is 4.99 Å². The average Bonchev–Trinajstić information content (AvgIpc) is 3.07. The first-order chi connectivity index (χ1) is 14.1. The number of aromatic nitrogens is 1. The maximum atomic E-state index is 5.64. The quantitative estimate of drug-likeness (QED) is 0.549. The Morgan fingerprint density at radius 2 is 1.90 bits per heavy atom. The molecule has 0 unspecified atom stereocenters. The van der Waals surface area contributed by atoms with Crippen molar-refractivity contribution in [3.8, 4) is 5.75 Å². The first-order valence-corrected chi connectivity index (χ1v) is 10.2. The second-order valence-corrected chi connectivity index (χ2v) is 7.38. The Morgan fingerprint density at radius 1 is 1.17 bits per heavy atom. The minimum atomic E-state index is -0.00325. The van der Waals surface area contributed by atoms with Crippen molar-refractivity contribution in [3.05, 3.63) is 47.2 Å². The molecule has 1 aromatic heterocycles. The molecular weight excluding hydrogens is 368 g/mol. The lowest BCUT2D eigenvalue weighted by atomic mass is 9.74. The van der Waals surface area contributed by atoms with Crippen molar-refractivity contribution < 1.29 is 13.9 Å². The van der Waals surface area contributed by atoms with E-state index in [-0.39, 0.29) is 5.41 Å². The van der Waals surface area contributed by atoms with Gasteiger partial charge < -0.3 is 24.5 Å². The Bertz CT molecular complexity index is 788. The summed E-state index contributed by atoms with van der Waals surface area (Å²) in [5, 5.41) is 6.78. The number of nitrogens with zero attached hydrogens (tertiary/aromatic N) is 2. The van der Waals surface area contributed by atoms with Gasteiger partial charge in [0.15, 0.2) is 5.96 Å². The topological polar surface area (TPSA) is 80.9 Å². The third-order valence-corrected chi connectivity index (χ3v) is 5.53. The molecule has 2 heterocycles. The van der Waals surface area contributed by atoms with E-state index < -0.39 is 0 Å². The summed E-state index contributed by atoms with van der Waals surface area (Å²) >= 11 is 0. The number of hydrogen-bond acceptors (Lipinski definition) is 5. The summed E-state index contributed by atoms with van der Waals surface area (Å²) in [7, 11) is 1.77. The van der Waals surface area contributed by atoms with Gasteiger partial charge in [-0.05, 0) is 51.3 Å². The molecule has 0 aliphatic carbocycles. The molecule has 0 saturated carbocycles. The van der Waals surface area contributed by atoms with Crippen LogP contribution in [0.3, 0.4) is 0 Å². The Hall–Kier alpha value is -2.54. The first kappa shape index (κ1) is 21.2. The molecule has 7 heteroatoms. The standard InChI is InChI=1S/C22H32N4O3/c1-5-28-19-8-6-18(7-9-19)22(10-12-27-13-11-22)15-25-21(23-4)24-14-20-26-16(2)17(3)29-20/h6-9H,5,10-15H2,1-4H3,(H2,23,24,25). The number of rotatable bonds is 7. The average molecular weight is 401 g/mol. The zero-order valence-electron chi connectivity index (χ0n) is 17.9. The van der Waals surface area contributed by atoms with E-state index in [1.54, 1.807) is 7.05 Å². The first-order valence-electron chi connectivity index (χ1n) is 10.2. The van der Waals surface area contributed by atoms with Gasteiger partial charge in [0.1, 0.15) is 11.5 Å². The third kappa shape index (κ3) is 5.29. The molecule has 3 rings (SSSR count). The minimum absolute atomic E-state index is 0.00325. The maximum Gasteiger partial charge on any atom is 0.214 e. The molecule has 0 radical (unpaired) electrons. The van der Waals surface area contributed by atoms with Crippen molar-refractivity contribution >= 4 is 5.96 Å². The molecule has 0 amide bonds. The Balaban J connectivity index is 1.65. The molecule has 7 nitrogen and oxygen atoms in total. The lowest BCUT2D eigenvalue weighted by Gasteiger charge is -2.38. The largest absolute Gasteiger partial charge is 0.494 e. The number of aryl methyl sites for hydroxylation is 2. The van der Waals surface area contributed by atoms with Crippen molar-refractivity contribution in [1.82, 2.24) is 15.6 Å². The number of guanidine groups is 1. The van der Waals surface area contributed by atoms with E-state index in [4.69, 9.17) is 13.9 Å². The van der Waals surface area contributed by atoms with E-state index >= 15 is 0 Å². The smallest absolute Gasteiger partial charge is 0.214 e. The van der Waals surface area contributed by atoms with E-state index in [2.05, 4.69) is 44.9 Å². The predicted molar refractivity (Wildman–Crippen MR) is 114 cm³/mol. The van der Waals surface area contributed by atoms with Crippen LogP contribution in [-0.2, 0) is 16.7 Å². The number of benzene rings is 1. The fraction of sp³-hybridized carbons (Fsp3) is 0.545. The number of oxazole rings is 1. The number of nitrogens with one attached hydrogen (secondary N) is 2. The summed E-state index contributed by atoms with van der Waals surface area (Å²) in [6, 6.07) is 8.45. The predicted octanol–water partition coefficient (Wildman–Crippen LogP) is 3.10. The monoisotopic (exact) mass is 400 g/mol. The molecule has 2 N–H and O–H groups in total. The summed E-state index contributed by atoms with van der Waals surface area (Å²) in [4.78, 5) is 8.76. The van der Waals surface area contributed by atoms with E-state index in [9.17, 15) is 0 Å². The molecule has 1 aliphatic heterocycles. The van der Waals surface area contributed by atoms with E-state index in [0.717, 1.165) is 55.8 Å². The molecule has 1 fully saturated rings. The highest BCUT2D eigenvalue weighted by Gasteiger charge is 2.34. The van der Waals surface area contributed by atoms with Crippen LogP contribution in [0, 0.1) is 13.8 Å². The van der Waals surface area contributed by atoms with Gasteiger partial charge in [-0.1, -0.05) is 12.1 Å². The normalized spacial score (nSPS) is 16.5. The summed E-state index contributed by atoms with van der Waals surface area (Å²) < 4.78 is 16.9. The Morgan fingerprint density at radius 3 is 2.48 bits per heavy atom. The van der Waals surface area contributed by atoms with Gasteiger partial charge in [-0.2, -0.15) is 0 Å². The van der Waals surface area contributed by atoms with Crippen LogP contribution in [0.1, 0.15) is 42.7 Å². The van der Waals surface area contributed by atoms with Gasteiger partial charge in [0.05, 0.1) is 18.8 Å². The van der Waals surface area contributed by atoms with Crippen LogP contribution in [0.15, 0.2) is 33.7 Å². The molecule has 158 valence electrons. The van der Waals surface area contributed by atoms with E-state index in [1.165, 1.54) is 5.56 Å². The van der Waals surface area contributed by atoms with Gasteiger partial charge in [0.2, 0.25) is 5.89 Å². The highest BCUT2D eigenvalue weighted by Crippen LogP contribution is 2.35. The third-order valence-electron chi connectivity index (χ3n) is 5.53. The van der Waals surface area contributed by atoms with Crippen LogP contribution in [0.2, 0.25) is 0 Å². The molecular formula is C22H32N4O3. The molecule has 0 atom stereocenters. The molecule has 1 saturated heterocycles. The van der Waals surface area contributed by atoms with E-state index in [0.29, 0.717) is 19.0 Å². The fourth-order valence-corrected chi connectivity index (χ4v) is 3.65. The van der Waals surface area contributed by atoms with Crippen LogP contribution < -0.4 is 15.4 Å². The summed E-state index contributed by atoms with van der Waals surface area (Å²) in [5.74, 6) is 3.15. The van der Waals surface area contributed by atoms with Crippen LogP contribution in [0.5, 0.6) is 5.75 Å². The maximum absolute atomic E-state index is 5.64. The second-order valence-electron chi connectivity index (χ2n) is 7.38. The van der Waals surface area contributed by atoms with Gasteiger partial charge in [-0.25, -0.2) is 4.98 Å². The SMILES string of the molecule is CCOc1ccc(C2(CNC(=NC)NCc3nc(C)c(C)o3)CCOCC2)cc1. The number of aliphatic imine (C=N–C) groups is 1. The number of hydrogen-bond donors (Lipinski definition) is 2. The summed E-state index contributed by atoms with van der Waals surface area (Å²) in [5.41, 5.74) is 2.21. The Labute approximate surface area is 172 Å². The van der Waals surface area contributed by atoms with Crippen molar-refractivity contribution in [2.24, 2.45) is 4.99 Å². The molecule has 2 aromatic rings. The van der Waals surface area contributed by atoms with E-state index in [1.807, 2.05) is 20.8 Å². The minimum Gasteiger partial charge on any atom is -0.494 e. The van der Waals surface area contributed by atoms with Crippen molar-refractivity contribution in [1.29, 1.82) is 0 Å². The molecule has 1 aliphatic rings. The van der Waals surface area contributed by atoms with Crippen molar-refractivity contribution in [2.75, 3.05) is 33.4 Å². The van der Waals surface area contributed by atoms with Crippen LogP contribution >= 0.6 is 0 Å². The molecule has 0 spiro atoms. The highest BCUT2D eigenvalue weighted by molar-refractivity contribution is 5.79. The summed E-state index contributed by atoms with van der Waals surface area (Å²) in [6.45, 7) is 9.32. The lowest BCUT2D eigenvalue weighted by Crippen LogP contribution is -2.47. The molecule has 0 bridgehead atoms. The van der Waals surface area contributed by atoms with Crippen LogP contribution in [0.25, 0.3) is 0 Å². The zero-order valence-corrected chi connectivity index (χ0v) is 17.9. The number of ether oxygens (including phenoxy) is 2. The zero-order chi connectivity index (χ0) is 20.7. The fourth-order valence-electron chi connectivity index (χ4n) is 3.65. The van der Waals surface area contributed by atoms with Crippen molar-refractivity contribution in [2.45, 2.75) is 45.6 Å². The molecule has 1 aromatic carbocycles. The second kappa shape index (κ2) is 9.78. The van der Waals surface area contributed by atoms with Crippen LogP contribution in [-0.4, -0.2) is 44.4 Å². The van der Waals surface area contributed by atoms with Gasteiger partial charge in [0.25, 0.3) is 0 Å². The highest BCUT2D eigenvalue weighted by atomic mass is 16.5.